The van der Waals surface area contributed by atoms with E-state index < -0.39 is 36.2 Å². The fourth-order valence-corrected chi connectivity index (χ4v) is 7.79. The second-order valence-electron chi connectivity index (χ2n) is 15.6. The average molecular weight is 845 g/mol. The quantitative estimate of drug-likeness (QED) is 0.0411. The molecular formula is C49H56N4O9. The van der Waals surface area contributed by atoms with E-state index in [-0.39, 0.29) is 76.5 Å². The fraction of sp³-hybridized carbons (Fsp3) is 0.367. The van der Waals surface area contributed by atoms with E-state index in [1.54, 1.807) is 4.90 Å². The number of esters is 1. The molecule has 0 aromatic heterocycles. The molecule has 1 aliphatic heterocycles. The fourth-order valence-electron chi connectivity index (χ4n) is 7.79. The van der Waals surface area contributed by atoms with Crippen LogP contribution in [0.4, 0.5) is 9.59 Å². The minimum Gasteiger partial charge on any atom is -0.462 e. The van der Waals surface area contributed by atoms with Crippen LogP contribution in [0.5, 0.6) is 0 Å². The highest BCUT2D eigenvalue weighted by molar-refractivity contribution is 5.86. The van der Waals surface area contributed by atoms with Gasteiger partial charge in [-0.2, -0.15) is 0 Å². The van der Waals surface area contributed by atoms with Gasteiger partial charge in [0.2, 0.25) is 11.8 Å². The van der Waals surface area contributed by atoms with Gasteiger partial charge in [0, 0.05) is 32.0 Å². The number of carbonyl (C=O) groups is 5. The second-order valence-corrected chi connectivity index (χ2v) is 15.6. The van der Waals surface area contributed by atoms with Crippen molar-refractivity contribution in [3.05, 3.63) is 144 Å². The smallest absolute Gasteiger partial charge is 0.407 e. The summed E-state index contributed by atoms with van der Waals surface area (Å²) < 4.78 is 16.8. The summed E-state index contributed by atoms with van der Waals surface area (Å²) >= 11 is 0. The zero-order chi connectivity index (χ0) is 43.5. The maximum absolute atomic E-state index is 13.9. The Labute approximate surface area is 362 Å². The molecule has 0 saturated heterocycles. The lowest BCUT2D eigenvalue weighted by atomic mass is 9.97. The van der Waals surface area contributed by atoms with Crippen molar-refractivity contribution in [3.63, 3.8) is 0 Å². The first-order valence-corrected chi connectivity index (χ1v) is 21.4. The molecular weight excluding hydrogens is 789 g/mol. The number of nitrogens with zero attached hydrogens (tertiary/aromatic N) is 1. The maximum Gasteiger partial charge on any atom is 0.407 e. The van der Waals surface area contributed by atoms with Crippen LogP contribution in [0, 0.1) is 5.92 Å². The first-order chi connectivity index (χ1) is 30.3. The molecule has 0 saturated carbocycles. The molecule has 0 fully saturated rings. The van der Waals surface area contributed by atoms with E-state index in [9.17, 15) is 29.1 Å². The zero-order valence-corrected chi connectivity index (χ0v) is 34.9. The Balaban J connectivity index is 1.09. The number of ether oxygens (including phenoxy) is 3. The second kappa shape index (κ2) is 23.5. The molecule has 4 aromatic rings. The molecule has 2 aliphatic rings. The lowest BCUT2D eigenvalue weighted by Crippen LogP contribution is -2.46. The van der Waals surface area contributed by atoms with Gasteiger partial charge in [-0.3, -0.25) is 9.59 Å². The number of nitrogens with one attached hydrogen (secondary N) is 3. The molecule has 13 heteroatoms. The summed E-state index contributed by atoms with van der Waals surface area (Å²) in [5.74, 6) is -2.22. The number of hydrogen-bond acceptors (Lipinski definition) is 9. The number of rotatable bonds is 16. The van der Waals surface area contributed by atoms with Gasteiger partial charge >= 0.3 is 18.2 Å². The van der Waals surface area contributed by atoms with Gasteiger partial charge in [0.25, 0.3) is 0 Å². The summed E-state index contributed by atoms with van der Waals surface area (Å²) in [5.41, 5.74) is 6.10. The number of alkyl carbamates (subject to hydrolysis) is 2. The molecule has 1 aliphatic carbocycles. The van der Waals surface area contributed by atoms with Crippen molar-refractivity contribution in [2.45, 2.75) is 76.1 Å². The number of hydrogen-bond donors (Lipinski definition) is 4. The summed E-state index contributed by atoms with van der Waals surface area (Å²) in [4.78, 5) is 68.4. The molecule has 0 spiro atoms. The standard InChI is InChI=1S/C49H56N4O9/c54-29-28-53(31-35-16-4-1-5-17-35)45(55)30-37-20-8-3-9-26-44(52-49(59)62-34-43-41-24-12-10-22-39(41)40-23-11-13-25-42(40)43)47(57)60-33-38(51-46(37)56)21-14-15-27-50-48(58)61-32-36-18-6-2-7-19-36/h1-8,10-13,16-19,22-25,37-38,43-44,54H,9,14-15,20-21,26-34H2,(H,50,58)(H,51,56)(H,52,59)/t37-,38+,44+/m1/s1. The Morgan fingerprint density at radius 3 is 2.15 bits per heavy atom. The highest BCUT2D eigenvalue weighted by atomic mass is 16.6. The van der Waals surface area contributed by atoms with Crippen LogP contribution in [0.1, 0.15) is 73.1 Å². The van der Waals surface area contributed by atoms with E-state index in [0.29, 0.717) is 32.2 Å². The Morgan fingerprint density at radius 2 is 1.45 bits per heavy atom. The predicted octanol–water partition coefficient (Wildman–Crippen LogP) is 6.79. The molecule has 4 amide bonds. The van der Waals surface area contributed by atoms with Crippen molar-refractivity contribution in [1.29, 1.82) is 0 Å². The molecule has 6 rings (SSSR count). The van der Waals surface area contributed by atoms with Crippen LogP contribution < -0.4 is 16.0 Å². The van der Waals surface area contributed by atoms with Gasteiger partial charge in [0.1, 0.15) is 25.9 Å². The van der Waals surface area contributed by atoms with Crippen LogP contribution in [-0.2, 0) is 41.7 Å². The van der Waals surface area contributed by atoms with Crippen molar-refractivity contribution < 1.29 is 43.3 Å². The molecule has 62 heavy (non-hydrogen) atoms. The summed E-state index contributed by atoms with van der Waals surface area (Å²) in [7, 11) is 0. The van der Waals surface area contributed by atoms with Crippen LogP contribution >= 0.6 is 0 Å². The van der Waals surface area contributed by atoms with Crippen LogP contribution in [0.3, 0.4) is 0 Å². The SMILES string of the molecule is O=C(NCCCC[C@H]1COC(=O)[C@@H](NC(=O)OCC2c3ccccc3-c3ccccc32)CCC=CC[C@H](CC(=O)N(CCO)Cc2ccccc2)C(=O)N1)OCc1ccccc1. The molecule has 0 radical (unpaired) electrons. The molecule has 4 aromatic carbocycles. The van der Waals surface area contributed by atoms with Crippen molar-refractivity contribution in [2.75, 3.05) is 32.9 Å². The van der Waals surface area contributed by atoms with E-state index in [4.69, 9.17) is 14.2 Å². The van der Waals surface area contributed by atoms with Crippen LogP contribution in [-0.4, -0.2) is 85.0 Å². The topological polar surface area (TPSA) is 173 Å². The van der Waals surface area contributed by atoms with Crippen LogP contribution in [0.15, 0.2) is 121 Å². The molecule has 4 N–H and O–H groups in total. The molecule has 0 bridgehead atoms. The Kier molecular flexibility index (Phi) is 17.1. The first-order valence-electron chi connectivity index (χ1n) is 21.4. The molecule has 0 unspecified atom stereocenters. The highest BCUT2D eigenvalue weighted by Crippen LogP contribution is 2.44. The summed E-state index contributed by atoms with van der Waals surface area (Å²) in [6.07, 6.45) is 4.57. The number of allylic oxidation sites excluding steroid dienone is 2. The Morgan fingerprint density at radius 1 is 0.790 bits per heavy atom. The van der Waals surface area contributed by atoms with Gasteiger partial charge in [-0.05, 0) is 71.9 Å². The highest BCUT2D eigenvalue weighted by Gasteiger charge is 2.31. The van der Waals surface area contributed by atoms with Crippen molar-refractivity contribution >= 4 is 30.0 Å². The van der Waals surface area contributed by atoms with E-state index in [1.165, 1.54) is 0 Å². The third-order valence-corrected chi connectivity index (χ3v) is 11.1. The molecule has 326 valence electrons. The molecule has 3 atom stereocenters. The number of cyclic esters (lactones) is 1. The first kappa shape index (κ1) is 45.1. The van der Waals surface area contributed by atoms with Crippen LogP contribution in [0.25, 0.3) is 11.1 Å². The van der Waals surface area contributed by atoms with Gasteiger partial charge in [-0.1, -0.05) is 121 Å². The van der Waals surface area contributed by atoms with E-state index in [1.807, 2.05) is 109 Å². The van der Waals surface area contributed by atoms with Gasteiger partial charge < -0.3 is 40.2 Å². The van der Waals surface area contributed by atoms with E-state index >= 15 is 0 Å². The predicted molar refractivity (Wildman–Crippen MR) is 233 cm³/mol. The Hall–Kier alpha value is -6.47. The third kappa shape index (κ3) is 13.3. The third-order valence-electron chi connectivity index (χ3n) is 11.1. The maximum atomic E-state index is 13.9. The number of unbranched alkanes of at least 4 members (excludes halogenated alkanes) is 1. The van der Waals surface area contributed by atoms with Crippen molar-refractivity contribution in [2.24, 2.45) is 5.92 Å². The minimum absolute atomic E-state index is 0.0798. The lowest BCUT2D eigenvalue weighted by molar-refractivity contribution is -0.147. The van der Waals surface area contributed by atoms with Crippen LogP contribution in [0.2, 0.25) is 0 Å². The largest absolute Gasteiger partial charge is 0.462 e. The van der Waals surface area contributed by atoms with Gasteiger partial charge in [-0.15, -0.1) is 0 Å². The molecule has 13 nitrogen and oxygen atoms in total. The van der Waals surface area contributed by atoms with E-state index in [0.717, 1.165) is 33.4 Å². The monoisotopic (exact) mass is 844 g/mol. The number of aliphatic hydroxyl groups is 1. The number of carbonyl (C=O) groups excluding carboxylic acids is 5. The molecule has 1 heterocycles. The van der Waals surface area contributed by atoms with Crippen molar-refractivity contribution in [1.82, 2.24) is 20.9 Å². The summed E-state index contributed by atoms with van der Waals surface area (Å²) in [6, 6.07) is 33.2. The average Bonchev–Trinajstić information content (AvgIpc) is 3.61. The zero-order valence-electron chi connectivity index (χ0n) is 34.9. The van der Waals surface area contributed by atoms with Gasteiger partial charge in [0.05, 0.1) is 18.6 Å². The minimum atomic E-state index is -1.03. The number of fused-ring (bicyclic) bond motifs is 3. The Bertz CT molecular complexity index is 2080. The number of benzene rings is 4. The van der Waals surface area contributed by atoms with E-state index in [2.05, 4.69) is 28.1 Å². The van der Waals surface area contributed by atoms with Crippen molar-refractivity contribution in [3.8, 4) is 11.1 Å². The number of aliphatic hydroxyl groups excluding tert-OH is 1. The normalized spacial score (nSPS) is 17.7. The van der Waals surface area contributed by atoms with Gasteiger partial charge in [-0.25, -0.2) is 14.4 Å². The number of amides is 4. The summed E-state index contributed by atoms with van der Waals surface area (Å²) in [6.45, 7) is 0.538. The summed E-state index contributed by atoms with van der Waals surface area (Å²) in [5, 5.41) is 18.3. The van der Waals surface area contributed by atoms with Gasteiger partial charge in [0.15, 0.2) is 0 Å². The lowest BCUT2D eigenvalue weighted by Gasteiger charge is -2.26.